The molecule has 0 aliphatic carbocycles. The molecule has 0 atom stereocenters. The van der Waals surface area contributed by atoms with Crippen molar-refractivity contribution in [3.05, 3.63) is 38.6 Å². The molecule has 6 heteroatoms. The lowest BCUT2D eigenvalue weighted by atomic mass is 10.3. The minimum atomic E-state index is 0.767. The lowest BCUT2D eigenvalue weighted by molar-refractivity contribution is 1.11. The van der Waals surface area contributed by atoms with Crippen LogP contribution >= 0.6 is 38.5 Å². The molecule has 0 spiro atoms. The van der Waals surface area contributed by atoms with Gasteiger partial charge in [-0.1, -0.05) is 0 Å². The van der Waals surface area contributed by atoms with E-state index in [0.29, 0.717) is 0 Å². The minimum absolute atomic E-state index is 0.767. The molecule has 0 aliphatic rings. The van der Waals surface area contributed by atoms with Crippen LogP contribution < -0.4 is 10.6 Å². The number of hydrogen-bond donors (Lipinski definition) is 2. The van der Waals surface area contributed by atoms with Gasteiger partial charge in [0.2, 0.25) is 0 Å². The van der Waals surface area contributed by atoms with Gasteiger partial charge in [0.15, 0.2) is 0 Å². The molecule has 0 unspecified atom stereocenters. The highest BCUT2D eigenvalue weighted by Crippen LogP contribution is 2.27. The second kappa shape index (κ2) is 6.33. The fourth-order valence-corrected chi connectivity index (χ4v) is 2.83. The number of halogens is 2. The normalized spacial score (nSPS) is 10.2. The molecule has 0 fully saturated rings. The van der Waals surface area contributed by atoms with Gasteiger partial charge in [0, 0.05) is 20.7 Å². The van der Waals surface area contributed by atoms with Crippen molar-refractivity contribution >= 4 is 55.8 Å². The van der Waals surface area contributed by atoms with E-state index in [0.717, 1.165) is 28.3 Å². The first-order chi connectivity index (χ1) is 8.69. The van der Waals surface area contributed by atoms with Crippen LogP contribution in [0.1, 0.15) is 6.92 Å². The van der Waals surface area contributed by atoms with Crippen molar-refractivity contribution in [3.8, 4) is 0 Å². The van der Waals surface area contributed by atoms with E-state index in [4.69, 9.17) is 0 Å². The predicted octanol–water partition coefficient (Wildman–Crippen LogP) is 4.02. The van der Waals surface area contributed by atoms with Crippen LogP contribution in [0, 0.1) is 3.57 Å². The molecule has 0 saturated heterocycles. The van der Waals surface area contributed by atoms with Crippen molar-refractivity contribution in [2.24, 2.45) is 0 Å². The highest BCUT2D eigenvalue weighted by Gasteiger charge is 2.03. The molecule has 1 aromatic heterocycles. The van der Waals surface area contributed by atoms with Crippen LogP contribution in [0.2, 0.25) is 0 Å². The Hall–Kier alpha value is -0.890. The topological polar surface area (TPSA) is 49.8 Å². The van der Waals surface area contributed by atoms with Crippen LogP contribution in [0.15, 0.2) is 35.1 Å². The van der Waals surface area contributed by atoms with E-state index in [1.807, 2.05) is 25.1 Å². The number of anilines is 3. The highest BCUT2D eigenvalue weighted by atomic mass is 127. The second-order valence-electron chi connectivity index (χ2n) is 3.57. The van der Waals surface area contributed by atoms with Crippen LogP contribution in [-0.4, -0.2) is 16.5 Å². The van der Waals surface area contributed by atoms with E-state index in [1.165, 1.54) is 3.57 Å². The molecule has 2 aromatic rings. The lowest BCUT2D eigenvalue weighted by Gasteiger charge is -2.09. The summed E-state index contributed by atoms with van der Waals surface area (Å²) in [5, 5.41) is 6.41. The second-order valence-corrected chi connectivity index (χ2v) is 5.67. The quantitative estimate of drug-likeness (QED) is 0.736. The molecule has 4 nitrogen and oxygen atoms in total. The first-order valence-electron chi connectivity index (χ1n) is 5.47. The first kappa shape index (κ1) is 13.5. The molecule has 1 heterocycles. The predicted molar refractivity (Wildman–Crippen MR) is 86.3 cm³/mol. The zero-order valence-electron chi connectivity index (χ0n) is 9.74. The third kappa shape index (κ3) is 3.55. The summed E-state index contributed by atoms with van der Waals surface area (Å²) in [6, 6.07) is 7.99. The maximum Gasteiger partial charge on any atom is 0.135 e. The Balaban J connectivity index is 2.20. The Labute approximate surface area is 128 Å². The standard InChI is InChI=1S/C12H12BrIN4/c1-2-15-11-6-12(17-7-16-11)18-10-4-3-8(14)5-9(10)13/h3-7H,2H2,1H3,(H2,15,16,17,18). The number of nitrogens with zero attached hydrogens (tertiary/aromatic N) is 2. The van der Waals surface area contributed by atoms with Gasteiger partial charge in [0.1, 0.15) is 18.0 Å². The summed E-state index contributed by atoms with van der Waals surface area (Å²) in [7, 11) is 0. The number of hydrogen-bond acceptors (Lipinski definition) is 4. The molecule has 0 radical (unpaired) electrons. The summed E-state index contributed by atoms with van der Waals surface area (Å²) >= 11 is 5.80. The Morgan fingerprint density at radius 2 is 2.00 bits per heavy atom. The highest BCUT2D eigenvalue weighted by molar-refractivity contribution is 14.1. The van der Waals surface area contributed by atoms with E-state index in [1.54, 1.807) is 6.33 Å². The molecule has 0 aliphatic heterocycles. The van der Waals surface area contributed by atoms with Gasteiger partial charge in [0.25, 0.3) is 0 Å². The molecule has 0 saturated carbocycles. The molecular weight excluding hydrogens is 407 g/mol. The van der Waals surface area contributed by atoms with Crippen LogP contribution in [0.4, 0.5) is 17.3 Å². The van der Waals surface area contributed by atoms with Crippen molar-refractivity contribution in [2.45, 2.75) is 6.92 Å². The third-order valence-electron chi connectivity index (χ3n) is 2.22. The van der Waals surface area contributed by atoms with Crippen LogP contribution in [-0.2, 0) is 0 Å². The maximum atomic E-state index is 4.20. The zero-order chi connectivity index (χ0) is 13.0. The first-order valence-corrected chi connectivity index (χ1v) is 7.34. The fraction of sp³-hybridized carbons (Fsp3) is 0.167. The van der Waals surface area contributed by atoms with Crippen LogP contribution in [0.5, 0.6) is 0 Å². The molecule has 18 heavy (non-hydrogen) atoms. The average molecular weight is 419 g/mol. The van der Waals surface area contributed by atoms with Crippen molar-refractivity contribution in [2.75, 3.05) is 17.2 Å². The average Bonchev–Trinajstić information content (AvgIpc) is 2.34. The van der Waals surface area contributed by atoms with Crippen molar-refractivity contribution in [3.63, 3.8) is 0 Å². The van der Waals surface area contributed by atoms with E-state index in [9.17, 15) is 0 Å². The summed E-state index contributed by atoms with van der Waals surface area (Å²) in [5.74, 6) is 1.58. The fourth-order valence-electron chi connectivity index (χ4n) is 1.43. The maximum absolute atomic E-state index is 4.20. The van der Waals surface area contributed by atoms with E-state index >= 15 is 0 Å². The van der Waals surface area contributed by atoms with E-state index in [-0.39, 0.29) is 0 Å². The van der Waals surface area contributed by atoms with Crippen molar-refractivity contribution in [1.82, 2.24) is 9.97 Å². The zero-order valence-corrected chi connectivity index (χ0v) is 13.5. The Bertz CT molecular complexity index is 547. The van der Waals surface area contributed by atoms with Gasteiger partial charge in [-0.2, -0.15) is 0 Å². The van der Waals surface area contributed by atoms with Gasteiger partial charge < -0.3 is 10.6 Å². The number of rotatable bonds is 4. The van der Waals surface area contributed by atoms with Gasteiger partial charge in [-0.15, -0.1) is 0 Å². The van der Waals surface area contributed by atoms with E-state index in [2.05, 4.69) is 65.2 Å². The summed E-state index contributed by atoms with van der Waals surface area (Å²) in [4.78, 5) is 8.33. The summed E-state index contributed by atoms with van der Waals surface area (Å²) < 4.78 is 2.19. The largest absolute Gasteiger partial charge is 0.370 e. The number of benzene rings is 1. The Morgan fingerprint density at radius 3 is 2.72 bits per heavy atom. The summed E-state index contributed by atoms with van der Waals surface area (Å²) in [5.41, 5.74) is 0.983. The van der Waals surface area contributed by atoms with Crippen molar-refractivity contribution < 1.29 is 0 Å². The molecule has 2 rings (SSSR count). The molecular formula is C12H12BrIN4. The molecule has 0 amide bonds. The minimum Gasteiger partial charge on any atom is -0.370 e. The molecule has 94 valence electrons. The summed E-state index contributed by atoms with van der Waals surface area (Å²) in [6.45, 7) is 2.87. The van der Waals surface area contributed by atoms with Gasteiger partial charge in [-0.3, -0.25) is 0 Å². The van der Waals surface area contributed by atoms with Gasteiger partial charge in [-0.25, -0.2) is 9.97 Å². The monoisotopic (exact) mass is 418 g/mol. The van der Waals surface area contributed by atoms with Crippen molar-refractivity contribution in [1.29, 1.82) is 0 Å². The smallest absolute Gasteiger partial charge is 0.135 e. The van der Waals surface area contributed by atoms with Gasteiger partial charge in [-0.05, 0) is 63.6 Å². The lowest BCUT2D eigenvalue weighted by Crippen LogP contribution is -2.01. The Morgan fingerprint density at radius 1 is 1.22 bits per heavy atom. The van der Waals surface area contributed by atoms with Gasteiger partial charge >= 0.3 is 0 Å². The van der Waals surface area contributed by atoms with Crippen LogP contribution in [0.3, 0.4) is 0 Å². The molecule has 1 aromatic carbocycles. The SMILES string of the molecule is CCNc1cc(Nc2ccc(I)cc2Br)ncn1. The van der Waals surface area contributed by atoms with Gasteiger partial charge in [0.05, 0.1) is 5.69 Å². The summed E-state index contributed by atoms with van der Waals surface area (Å²) in [6.07, 6.45) is 1.54. The molecule has 2 N–H and O–H groups in total. The number of aromatic nitrogens is 2. The molecule has 0 bridgehead atoms. The Kier molecular flexibility index (Phi) is 4.76. The number of nitrogens with one attached hydrogen (secondary N) is 2. The van der Waals surface area contributed by atoms with Crippen LogP contribution in [0.25, 0.3) is 0 Å². The van der Waals surface area contributed by atoms with E-state index < -0.39 is 0 Å². The third-order valence-corrected chi connectivity index (χ3v) is 3.55.